The number of carbonyl (C=O) groups excluding carboxylic acids is 1. The first-order valence-corrected chi connectivity index (χ1v) is 8.77. The molecule has 0 unspecified atom stereocenters. The molecule has 1 saturated carbocycles. The van der Waals surface area contributed by atoms with Gasteiger partial charge in [-0.2, -0.15) is 0 Å². The second kappa shape index (κ2) is 8.82. The number of para-hydroxylation sites is 2. The van der Waals surface area contributed by atoms with Gasteiger partial charge in [-0.1, -0.05) is 38.3 Å². The van der Waals surface area contributed by atoms with Crippen LogP contribution in [0.15, 0.2) is 24.3 Å². The molecule has 1 aliphatic rings. The monoisotopic (exact) mass is 303 g/mol. The number of amides is 1. The number of ether oxygens (including phenoxy) is 1. The number of nitrogens with one attached hydrogen (secondary N) is 1. The van der Waals surface area contributed by atoms with Crippen molar-refractivity contribution in [1.82, 2.24) is 0 Å². The molecule has 2 rings (SSSR count). The lowest BCUT2D eigenvalue weighted by molar-refractivity contribution is -0.121. The van der Waals surface area contributed by atoms with Crippen LogP contribution in [0.3, 0.4) is 0 Å². The molecule has 3 nitrogen and oxygen atoms in total. The molecule has 0 atom stereocenters. The molecular weight excluding hydrogens is 274 g/mol. The van der Waals surface area contributed by atoms with Crippen LogP contribution in [0.1, 0.15) is 58.8 Å². The quantitative estimate of drug-likeness (QED) is 0.768. The van der Waals surface area contributed by atoms with Crippen LogP contribution in [0.4, 0.5) is 5.69 Å². The van der Waals surface area contributed by atoms with Crippen LogP contribution in [-0.2, 0) is 4.79 Å². The van der Waals surface area contributed by atoms with Crippen LogP contribution in [0.25, 0.3) is 0 Å². The highest BCUT2D eigenvalue weighted by molar-refractivity contribution is 5.94. The third-order valence-electron chi connectivity index (χ3n) is 4.63. The molecule has 0 saturated heterocycles. The Bertz CT molecular complexity index is 464. The molecule has 122 valence electrons. The smallest absolute Gasteiger partial charge is 0.227 e. The molecule has 1 aliphatic carbocycles. The van der Waals surface area contributed by atoms with Crippen molar-refractivity contribution in [3.8, 4) is 5.75 Å². The molecule has 1 amide bonds. The molecule has 0 radical (unpaired) electrons. The summed E-state index contributed by atoms with van der Waals surface area (Å²) in [4.78, 5) is 12.5. The third kappa shape index (κ3) is 4.75. The van der Waals surface area contributed by atoms with Gasteiger partial charge in [-0.05, 0) is 50.7 Å². The summed E-state index contributed by atoms with van der Waals surface area (Å²) >= 11 is 0. The Morgan fingerprint density at radius 3 is 2.59 bits per heavy atom. The summed E-state index contributed by atoms with van der Waals surface area (Å²) in [5.41, 5.74) is 0.794. The lowest BCUT2D eigenvalue weighted by atomic mass is 9.79. The van der Waals surface area contributed by atoms with Crippen molar-refractivity contribution < 1.29 is 9.53 Å². The van der Waals surface area contributed by atoms with Crippen LogP contribution < -0.4 is 10.1 Å². The SMILES string of the molecule is CCCCC1CCC(C(=O)Nc2ccccc2OCC)CC1. The summed E-state index contributed by atoms with van der Waals surface area (Å²) in [7, 11) is 0. The molecule has 1 aromatic rings. The van der Waals surface area contributed by atoms with E-state index in [0.29, 0.717) is 6.61 Å². The fourth-order valence-corrected chi connectivity index (χ4v) is 3.29. The van der Waals surface area contributed by atoms with Crippen molar-refractivity contribution in [2.24, 2.45) is 11.8 Å². The fourth-order valence-electron chi connectivity index (χ4n) is 3.29. The van der Waals surface area contributed by atoms with Gasteiger partial charge in [-0.25, -0.2) is 0 Å². The molecule has 0 aliphatic heterocycles. The van der Waals surface area contributed by atoms with Crippen LogP contribution in [0.5, 0.6) is 5.75 Å². The Labute approximate surface area is 134 Å². The zero-order valence-electron chi connectivity index (χ0n) is 13.9. The summed E-state index contributed by atoms with van der Waals surface area (Å²) in [5, 5.41) is 3.06. The number of rotatable bonds is 7. The number of carbonyl (C=O) groups is 1. The maximum absolute atomic E-state index is 12.5. The highest BCUT2D eigenvalue weighted by Gasteiger charge is 2.26. The maximum atomic E-state index is 12.5. The average Bonchev–Trinajstić information content (AvgIpc) is 2.55. The molecule has 0 spiro atoms. The van der Waals surface area contributed by atoms with E-state index in [9.17, 15) is 4.79 Å². The van der Waals surface area contributed by atoms with Gasteiger partial charge in [0.25, 0.3) is 0 Å². The Kier molecular flexibility index (Phi) is 6.75. The highest BCUT2D eigenvalue weighted by Crippen LogP contribution is 2.33. The first kappa shape index (κ1) is 16.9. The topological polar surface area (TPSA) is 38.3 Å². The van der Waals surface area contributed by atoms with Crippen molar-refractivity contribution in [2.75, 3.05) is 11.9 Å². The van der Waals surface area contributed by atoms with Gasteiger partial charge in [-0.3, -0.25) is 4.79 Å². The van der Waals surface area contributed by atoms with Crippen molar-refractivity contribution in [1.29, 1.82) is 0 Å². The summed E-state index contributed by atoms with van der Waals surface area (Å²) in [6.07, 6.45) is 8.38. The Morgan fingerprint density at radius 1 is 1.18 bits per heavy atom. The predicted molar refractivity (Wildman–Crippen MR) is 91.2 cm³/mol. The molecule has 22 heavy (non-hydrogen) atoms. The second-order valence-electron chi connectivity index (χ2n) is 6.28. The molecule has 3 heteroatoms. The largest absolute Gasteiger partial charge is 0.492 e. The van der Waals surface area contributed by atoms with Gasteiger partial charge in [0.15, 0.2) is 0 Å². The van der Waals surface area contributed by atoms with Crippen molar-refractivity contribution in [3.63, 3.8) is 0 Å². The maximum Gasteiger partial charge on any atom is 0.227 e. The van der Waals surface area contributed by atoms with Crippen molar-refractivity contribution in [3.05, 3.63) is 24.3 Å². The molecular formula is C19H29NO2. The minimum absolute atomic E-state index is 0.154. The Morgan fingerprint density at radius 2 is 1.91 bits per heavy atom. The van der Waals surface area contributed by atoms with Gasteiger partial charge < -0.3 is 10.1 Å². The van der Waals surface area contributed by atoms with Crippen LogP contribution >= 0.6 is 0 Å². The number of hydrogen-bond acceptors (Lipinski definition) is 2. The minimum Gasteiger partial charge on any atom is -0.492 e. The molecule has 0 aromatic heterocycles. The van der Waals surface area contributed by atoms with E-state index in [1.165, 1.54) is 32.1 Å². The molecule has 1 aromatic carbocycles. The second-order valence-corrected chi connectivity index (χ2v) is 6.28. The zero-order valence-corrected chi connectivity index (χ0v) is 13.9. The number of hydrogen-bond donors (Lipinski definition) is 1. The van der Waals surface area contributed by atoms with Crippen LogP contribution in [0, 0.1) is 11.8 Å². The number of anilines is 1. The molecule has 0 bridgehead atoms. The van der Waals surface area contributed by atoms with Crippen molar-refractivity contribution in [2.45, 2.75) is 58.8 Å². The number of unbranched alkanes of at least 4 members (excludes halogenated alkanes) is 1. The van der Waals surface area contributed by atoms with E-state index in [1.807, 2.05) is 31.2 Å². The Hall–Kier alpha value is -1.51. The van der Waals surface area contributed by atoms with Crippen LogP contribution in [-0.4, -0.2) is 12.5 Å². The van der Waals surface area contributed by atoms with E-state index in [1.54, 1.807) is 0 Å². The highest BCUT2D eigenvalue weighted by atomic mass is 16.5. The number of benzene rings is 1. The summed E-state index contributed by atoms with van der Waals surface area (Å²) in [6, 6.07) is 7.68. The van der Waals surface area contributed by atoms with Gasteiger partial charge in [0, 0.05) is 5.92 Å². The normalized spacial score (nSPS) is 21.4. The van der Waals surface area contributed by atoms with Gasteiger partial charge in [0.1, 0.15) is 5.75 Å². The molecule has 0 heterocycles. The molecule has 1 fully saturated rings. The van der Waals surface area contributed by atoms with E-state index in [4.69, 9.17) is 4.74 Å². The summed E-state index contributed by atoms with van der Waals surface area (Å²) in [6.45, 7) is 4.81. The first-order chi connectivity index (χ1) is 10.7. The van der Waals surface area contributed by atoms with E-state index < -0.39 is 0 Å². The minimum atomic E-state index is 0.154. The third-order valence-corrected chi connectivity index (χ3v) is 4.63. The van der Waals surface area contributed by atoms with Gasteiger partial charge in [0.2, 0.25) is 5.91 Å². The summed E-state index contributed by atoms with van der Waals surface area (Å²) < 4.78 is 5.57. The van der Waals surface area contributed by atoms with Crippen molar-refractivity contribution >= 4 is 11.6 Å². The molecule has 1 N–H and O–H groups in total. The fraction of sp³-hybridized carbons (Fsp3) is 0.632. The van der Waals surface area contributed by atoms with E-state index in [2.05, 4.69) is 12.2 Å². The standard InChI is InChI=1S/C19H29NO2/c1-3-5-8-15-11-13-16(14-12-15)19(21)20-17-9-6-7-10-18(17)22-4-2/h6-7,9-10,15-16H,3-5,8,11-14H2,1-2H3,(H,20,21). The zero-order chi connectivity index (χ0) is 15.8. The lowest BCUT2D eigenvalue weighted by Gasteiger charge is -2.28. The first-order valence-electron chi connectivity index (χ1n) is 8.77. The summed E-state index contributed by atoms with van der Waals surface area (Å²) in [5.74, 6) is 1.91. The Balaban J connectivity index is 1.86. The van der Waals surface area contributed by atoms with Gasteiger partial charge in [-0.15, -0.1) is 0 Å². The van der Waals surface area contributed by atoms with E-state index in [-0.39, 0.29) is 11.8 Å². The average molecular weight is 303 g/mol. The lowest BCUT2D eigenvalue weighted by Crippen LogP contribution is -2.27. The van der Waals surface area contributed by atoms with E-state index in [0.717, 1.165) is 30.2 Å². The van der Waals surface area contributed by atoms with Crippen LogP contribution in [0.2, 0.25) is 0 Å². The van der Waals surface area contributed by atoms with E-state index >= 15 is 0 Å². The predicted octanol–water partition coefficient (Wildman–Crippen LogP) is 5.02. The van der Waals surface area contributed by atoms with Gasteiger partial charge in [0.05, 0.1) is 12.3 Å². The van der Waals surface area contributed by atoms with Gasteiger partial charge >= 0.3 is 0 Å².